The molecule has 20 heavy (non-hydrogen) atoms. The molecule has 0 aliphatic rings. The van der Waals surface area contributed by atoms with Crippen LogP contribution in [-0.4, -0.2) is 15.6 Å². The van der Waals surface area contributed by atoms with Crippen LogP contribution in [0.3, 0.4) is 0 Å². The Morgan fingerprint density at radius 1 is 1.15 bits per heavy atom. The molecule has 0 aliphatic carbocycles. The van der Waals surface area contributed by atoms with Gasteiger partial charge in [0.25, 0.3) is 5.56 Å². The first-order valence-corrected chi connectivity index (χ1v) is 6.58. The summed E-state index contributed by atoms with van der Waals surface area (Å²) < 4.78 is 1.54. The number of aromatic carboxylic acids is 1. The maximum absolute atomic E-state index is 12.2. The zero-order valence-corrected chi connectivity index (χ0v) is 11.6. The topological polar surface area (TPSA) is 59.3 Å². The van der Waals surface area contributed by atoms with Crippen molar-refractivity contribution in [2.45, 2.75) is 26.8 Å². The third-order valence-corrected chi connectivity index (χ3v) is 3.20. The van der Waals surface area contributed by atoms with E-state index >= 15 is 0 Å². The maximum atomic E-state index is 12.2. The van der Waals surface area contributed by atoms with Gasteiger partial charge in [0.15, 0.2) is 0 Å². The van der Waals surface area contributed by atoms with E-state index in [2.05, 4.69) is 0 Å². The van der Waals surface area contributed by atoms with Crippen molar-refractivity contribution in [3.63, 3.8) is 0 Å². The Kier molecular flexibility index (Phi) is 4.03. The van der Waals surface area contributed by atoms with E-state index in [9.17, 15) is 9.59 Å². The summed E-state index contributed by atoms with van der Waals surface area (Å²) >= 11 is 0. The Hall–Kier alpha value is -2.36. The molecular weight excluding hydrogens is 254 g/mol. The summed E-state index contributed by atoms with van der Waals surface area (Å²) in [7, 11) is 0. The minimum Gasteiger partial charge on any atom is -0.477 e. The Balaban J connectivity index is 2.64. The van der Waals surface area contributed by atoms with Gasteiger partial charge in [-0.1, -0.05) is 36.8 Å². The minimum atomic E-state index is -1.18. The van der Waals surface area contributed by atoms with E-state index in [1.165, 1.54) is 10.6 Å². The van der Waals surface area contributed by atoms with Gasteiger partial charge in [-0.25, -0.2) is 4.79 Å². The van der Waals surface area contributed by atoms with Crippen molar-refractivity contribution < 1.29 is 9.90 Å². The van der Waals surface area contributed by atoms with Gasteiger partial charge in [-0.15, -0.1) is 0 Å². The highest BCUT2D eigenvalue weighted by Crippen LogP contribution is 2.19. The molecule has 1 aromatic carbocycles. The summed E-state index contributed by atoms with van der Waals surface area (Å²) in [5.41, 5.74) is 2.17. The van der Waals surface area contributed by atoms with E-state index in [0.717, 1.165) is 23.2 Å². The SMILES string of the molecule is CCCn1c(-c2ccc(C)cc2)ccc(C(=O)O)c1=O. The Labute approximate surface area is 117 Å². The molecule has 0 unspecified atom stereocenters. The molecule has 4 heteroatoms. The zero-order chi connectivity index (χ0) is 14.7. The van der Waals surface area contributed by atoms with Crippen molar-refractivity contribution in [1.82, 2.24) is 4.57 Å². The van der Waals surface area contributed by atoms with E-state index in [1.54, 1.807) is 6.07 Å². The average molecular weight is 271 g/mol. The number of carbonyl (C=O) groups is 1. The van der Waals surface area contributed by atoms with Gasteiger partial charge in [-0.3, -0.25) is 4.79 Å². The Morgan fingerprint density at radius 3 is 2.35 bits per heavy atom. The summed E-state index contributed by atoms with van der Waals surface area (Å²) in [5.74, 6) is -1.18. The van der Waals surface area contributed by atoms with Crippen LogP contribution in [0, 0.1) is 6.92 Å². The molecule has 1 heterocycles. The highest BCUT2D eigenvalue weighted by Gasteiger charge is 2.14. The van der Waals surface area contributed by atoms with Gasteiger partial charge in [-0.2, -0.15) is 0 Å². The average Bonchev–Trinajstić information content (AvgIpc) is 2.42. The van der Waals surface area contributed by atoms with Gasteiger partial charge in [0, 0.05) is 6.54 Å². The molecular formula is C16H17NO3. The van der Waals surface area contributed by atoms with Crippen LogP contribution >= 0.6 is 0 Å². The first-order chi connectivity index (χ1) is 9.54. The summed E-state index contributed by atoms with van der Waals surface area (Å²) in [4.78, 5) is 23.3. The number of nitrogens with zero attached hydrogens (tertiary/aromatic N) is 1. The van der Waals surface area contributed by atoms with E-state index in [-0.39, 0.29) is 5.56 Å². The summed E-state index contributed by atoms with van der Waals surface area (Å²) in [6.45, 7) is 4.46. The number of carboxylic acids is 1. The molecule has 1 aromatic heterocycles. The lowest BCUT2D eigenvalue weighted by molar-refractivity contribution is 0.0694. The molecule has 0 bridgehead atoms. The fourth-order valence-corrected chi connectivity index (χ4v) is 2.16. The first kappa shape index (κ1) is 14.1. The summed E-state index contributed by atoms with van der Waals surface area (Å²) in [6.07, 6.45) is 0.766. The van der Waals surface area contributed by atoms with Crippen molar-refractivity contribution >= 4 is 5.97 Å². The summed E-state index contributed by atoms with van der Waals surface area (Å²) in [5, 5.41) is 9.04. The molecule has 1 N–H and O–H groups in total. The lowest BCUT2D eigenvalue weighted by Crippen LogP contribution is -2.27. The second-order valence-corrected chi connectivity index (χ2v) is 4.76. The minimum absolute atomic E-state index is 0.186. The lowest BCUT2D eigenvalue weighted by Gasteiger charge is -2.13. The quantitative estimate of drug-likeness (QED) is 0.930. The number of hydrogen-bond acceptors (Lipinski definition) is 2. The van der Waals surface area contributed by atoms with Crippen LogP contribution in [0.2, 0.25) is 0 Å². The second-order valence-electron chi connectivity index (χ2n) is 4.76. The lowest BCUT2D eigenvalue weighted by atomic mass is 10.1. The fraction of sp³-hybridized carbons (Fsp3) is 0.250. The molecule has 2 aromatic rings. The molecule has 0 spiro atoms. The van der Waals surface area contributed by atoms with Gasteiger partial charge in [-0.05, 0) is 31.0 Å². The number of carboxylic acid groups (broad SMARTS) is 1. The number of aromatic nitrogens is 1. The number of pyridine rings is 1. The second kappa shape index (κ2) is 5.74. The molecule has 2 rings (SSSR count). The number of benzene rings is 1. The van der Waals surface area contributed by atoms with Crippen LogP contribution in [0.5, 0.6) is 0 Å². The molecule has 104 valence electrons. The van der Waals surface area contributed by atoms with Crippen molar-refractivity contribution in [1.29, 1.82) is 0 Å². The van der Waals surface area contributed by atoms with Crippen LogP contribution in [0.15, 0.2) is 41.2 Å². The summed E-state index contributed by atoms with van der Waals surface area (Å²) in [6, 6.07) is 10.9. The third-order valence-electron chi connectivity index (χ3n) is 3.20. The van der Waals surface area contributed by atoms with E-state index < -0.39 is 11.5 Å². The highest BCUT2D eigenvalue weighted by molar-refractivity contribution is 5.87. The van der Waals surface area contributed by atoms with E-state index in [4.69, 9.17) is 5.11 Å². The molecule has 0 radical (unpaired) electrons. The molecule has 0 saturated carbocycles. The van der Waals surface area contributed by atoms with Gasteiger partial charge in [0.1, 0.15) is 5.56 Å². The van der Waals surface area contributed by atoms with Gasteiger partial charge < -0.3 is 9.67 Å². The number of aryl methyl sites for hydroxylation is 1. The first-order valence-electron chi connectivity index (χ1n) is 6.58. The molecule has 0 fully saturated rings. The molecule has 4 nitrogen and oxygen atoms in total. The molecule has 0 aliphatic heterocycles. The van der Waals surface area contributed by atoms with Crippen molar-refractivity contribution in [2.75, 3.05) is 0 Å². The van der Waals surface area contributed by atoms with Gasteiger partial charge in [0.2, 0.25) is 0 Å². The van der Waals surface area contributed by atoms with E-state index in [1.807, 2.05) is 38.1 Å². The molecule has 0 amide bonds. The van der Waals surface area contributed by atoms with Crippen molar-refractivity contribution in [2.24, 2.45) is 0 Å². The molecule has 0 atom stereocenters. The standard InChI is InChI=1S/C16H17NO3/c1-3-10-17-14(12-6-4-11(2)5-7-12)9-8-13(15(17)18)16(19)20/h4-9H,3,10H2,1-2H3,(H,19,20). The van der Waals surface area contributed by atoms with Crippen LogP contribution in [-0.2, 0) is 6.54 Å². The van der Waals surface area contributed by atoms with Gasteiger partial charge >= 0.3 is 5.97 Å². The smallest absolute Gasteiger partial charge is 0.341 e. The highest BCUT2D eigenvalue weighted by atomic mass is 16.4. The van der Waals surface area contributed by atoms with Crippen LogP contribution in [0.25, 0.3) is 11.3 Å². The molecule has 0 saturated heterocycles. The predicted molar refractivity (Wildman–Crippen MR) is 78.1 cm³/mol. The van der Waals surface area contributed by atoms with E-state index in [0.29, 0.717) is 6.54 Å². The Morgan fingerprint density at radius 2 is 1.80 bits per heavy atom. The van der Waals surface area contributed by atoms with Crippen LogP contribution in [0.1, 0.15) is 29.3 Å². The van der Waals surface area contributed by atoms with Gasteiger partial charge in [0.05, 0.1) is 5.69 Å². The number of hydrogen-bond donors (Lipinski definition) is 1. The number of rotatable bonds is 4. The largest absolute Gasteiger partial charge is 0.477 e. The zero-order valence-electron chi connectivity index (χ0n) is 11.6. The fourth-order valence-electron chi connectivity index (χ4n) is 2.16. The van der Waals surface area contributed by atoms with Crippen molar-refractivity contribution in [3.05, 3.63) is 57.9 Å². The predicted octanol–water partition coefficient (Wildman–Crippen LogP) is 2.93. The maximum Gasteiger partial charge on any atom is 0.341 e. The van der Waals surface area contributed by atoms with Crippen molar-refractivity contribution in [3.8, 4) is 11.3 Å². The third kappa shape index (κ3) is 2.64. The Bertz CT molecular complexity index is 684. The normalized spacial score (nSPS) is 10.5. The van der Waals surface area contributed by atoms with Crippen LogP contribution < -0.4 is 5.56 Å². The van der Waals surface area contributed by atoms with Crippen LogP contribution in [0.4, 0.5) is 0 Å². The monoisotopic (exact) mass is 271 g/mol.